The normalized spacial score (nSPS) is 26.6. The van der Waals surface area contributed by atoms with Crippen molar-refractivity contribution in [2.24, 2.45) is 11.8 Å². The second-order valence-corrected chi connectivity index (χ2v) is 6.19. The molecule has 0 spiro atoms. The maximum atomic E-state index is 12.1. The van der Waals surface area contributed by atoms with Crippen LogP contribution in [0.3, 0.4) is 0 Å². The maximum absolute atomic E-state index is 12.1. The second kappa shape index (κ2) is 6.61. The van der Waals surface area contributed by atoms with E-state index < -0.39 is 47.4 Å². The van der Waals surface area contributed by atoms with Gasteiger partial charge < -0.3 is 9.68 Å². The minimum absolute atomic E-state index is 0.00359. The fourth-order valence-corrected chi connectivity index (χ4v) is 3.05. The molecule has 134 valence electrons. The summed E-state index contributed by atoms with van der Waals surface area (Å²) in [6.45, 7) is 0. The van der Waals surface area contributed by atoms with Gasteiger partial charge in [0.25, 0.3) is 23.6 Å². The van der Waals surface area contributed by atoms with Crippen LogP contribution < -0.4 is 0 Å². The summed E-state index contributed by atoms with van der Waals surface area (Å²) in [5.74, 6) is -5.12. The quantitative estimate of drug-likeness (QED) is 0.626. The summed E-state index contributed by atoms with van der Waals surface area (Å²) in [4.78, 5) is 79.6. The third-order valence-electron chi connectivity index (χ3n) is 4.47. The van der Waals surface area contributed by atoms with E-state index in [0.717, 1.165) is 0 Å². The molecule has 2 saturated heterocycles. The molecule has 0 N–H and O–H groups in total. The van der Waals surface area contributed by atoms with E-state index in [1.807, 2.05) is 0 Å². The monoisotopic (exact) mass is 352 g/mol. The van der Waals surface area contributed by atoms with Crippen molar-refractivity contribution in [3.8, 4) is 0 Å². The Hall–Kier alpha value is -2.78. The average molecular weight is 352 g/mol. The molecule has 3 fully saturated rings. The molecule has 0 bridgehead atoms. The van der Waals surface area contributed by atoms with E-state index >= 15 is 0 Å². The molecule has 1 aliphatic carbocycles. The minimum atomic E-state index is -0.757. The lowest BCUT2D eigenvalue weighted by Gasteiger charge is -2.17. The van der Waals surface area contributed by atoms with E-state index in [1.165, 1.54) is 0 Å². The highest BCUT2D eigenvalue weighted by molar-refractivity contribution is 6.02. The number of carbonyl (C=O) groups excluding carboxylic acids is 6. The fraction of sp³-hybridized carbons (Fsp3) is 0.600. The Morgan fingerprint density at radius 3 is 1.32 bits per heavy atom. The number of hydroxylamine groups is 4. The lowest BCUT2D eigenvalue weighted by molar-refractivity contribution is -0.202. The topological polar surface area (TPSA) is 127 Å². The number of nitrogens with zero attached hydrogens (tertiary/aromatic N) is 2. The van der Waals surface area contributed by atoms with Crippen LogP contribution in [0.5, 0.6) is 0 Å². The summed E-state index contributed by atoms with van der Waals surface area (Å²) >= 11 is 0. The van der Waals surface area contributed by atoms with Crippen LogP contribution in [0.15, 0.2) is 0 Å². The Kier molecular flexibility index (Phi) is 4.51. The van der Waals surface area contributed by atoms with Crippen molar-refractivity contribution in [1.82, 2.24) is 10.1 Å². The Morgan fingerprint density at radius 2 is 1.00 bits per heavy atom. The summed E-state index contributed by atoms with van der Waals surface area (Å²) in [7, 11) is 0. The Labute approximate surface area is 141 Å². The molecule has 0 radical (unpaired) electrons. The van der Waals surface area contributed by atoms with Gasteiger partial charge in [0.15, 0.2) is 0 Å². The number of carbonyl (C=O) groups is 6. The highest BCUT2D eigenvalue weighted by atomic mass is 16.7. The van der Waals surface area contributed by atoms with E-state index in [-0.39, 0.29) is 32.1 Å². The third kappa shape index (κ3) is 3.37. The van der Waals surface area contributed by atoms with Gasteiger partial charge in [-0.2, -0.15) is 0 Å². The molecule has 25 heavy (non-hydrogen) atoms. The molecular formula is C15H16N2O8. The predicted octanol–water partition coefficient (Wildman–Crippen LogP) is -0.383. The third-order valence-corrected chi connectivity index (χ3v) is 4.47. The first-order valence-corrected chi connectivity index (χ1v) is 8.02. The standard InChI is InChI=1S/C15H16N2O8/c18-10-3-4-11(19)16(10)24-14(22)8-1-2-9(7-8)15(23)25-17-12(20)5-6-13(17)21/h8-9H,1-7H2. The van der Waals surface area contributed by atoms with E-state index in [1.54, 1.807) is 0 Å². The lowest BCUT2D eigenvalue weighted by Crippen LogP contribution is -2.35. The molecule has 1 saturated carbocycles. The molecule has 2 aliphatic heterocycles. The van der Waals surface area contributed by atoms with Gasteiger partial charge in [0.1, 0.15) is 0 Å². The number of imide groups is 2. The molecule has 2 unspecified atom stereocenters. The largest absolute Gasteiger partial charge is 0.336 e. The summed E-state index contributed by atoms with van der Waals surface area (Å²) in [5, 5.41) is 0.936. The van der Waals surface area contributed by atoms with Crippen molar-refractivity contribution in [2.45, 2.75) is 44.9 Å². The minimum Gasteiger partial charge on any atom is -0.330 e. The smallest absolute Gasteiger partial charge is 0.330 e. The molecule has 4 amide bonds. The van der Waals surface area contributed by atoms with Crippen LogP contribution in [0.2, 0.25) is 0 Å². The van der Waals surface area contributed by atoms with Gasteiger partial charge in [-0.05, 0) is 19.3 Å². The van der Waals surface area contributed by atoms with Gasteiger partial charge in [-0.15, -0.1) is 10.1 Å². The first kappa shape index (κ1) is 17.1. The van der Waals surface area contributed by atoms with Crippen LogP contribution in [-0.2, 0) is 38.4 Å². The van der Waals surface area contributed by atoms with Crippen molar-refractivity contribution in [2.75, 3.05) is 0 Å². The molecule has 3 aliphatic rings. The molecular weight excluding hydrogens is 336 g/mol. The molecule has 0 aromatic rings. The van der Waals surface area contributed by atoms with E-state index in [4.69, 9.17) is 9.68 Å². The lowest BCUT2D eigenvalue weighted by atomic mass is 10.1. The summed E-state index contributed by atoms with van der Waals surface area (Å²) < 4.78 is 0. The van der Waals surface area contributed by atoms with Crippen molar-refractivity contribution >= 4 is 35.6 Å². The van der Waals surface area contributed by atoms with Crippen molar-refractivity contribution in [1.29, 1.82) is 0 Å². The fourth-order valence-electron chi connectivity index (χ4n) is 3.05. The van der Waals surface area contributed by atoms with Gasteiger partial charge in [-0.1, -0.05) is 0 Å². The number of hydrogen-bond acceptors (Lipinski definition) is 8. The molecule has 2 atom stereocenters. The Balaban J connectivity index is 1.52. The molecule has 3 rings (SSSR count). The van der Waals surface area contributed by atoms with Crippen LogP contribution in [-0.4, -0.2) is 45.7 Å². The second-order valence-electron chi connectivity index (χ2n) is 6.19. The first-order chi connectivity index (χ1) is 11.9. The zero-order valence-electron chi connectivity index (χ0n) is 13.3. The van der Waals surface area contributed by atoms with Gasteiger partial charge in [-0.25, -0.2) is 9.59 Å². The number of rotatable bonds is 4. The molecule has 10 heteroatoms. The number of amides is 4. The average Bonchev–Trinajstić information content (AvgIpc) is 3.26. The van der Waals surface area contributed by atoms with Crippen molar-refractivity contribution < 1.29 is 38.4 Å². The Morgan fingerprint density at radius 1 is 0.680 bits per heavy atom. The number of hydrogen-bond donors (Lipinski definition) is 0. The first-order valence-electron chi connectivity index (χ1n) is 8.02. The highest BCUT2D eigenvalue weighted by Gasteiger charge is 2.41. The predicted molar refractivity (Wildman–Crippen MR) is 75.2 cm³/mol. The van der Waals surface area contributed by atoms with Crippen LogP contribution in [0, 0.1) is 11.8 Å². The zero-order valence-corrected chi connectivity index (χ0v) is 13.3. The summed E-state index contributed by atoms with van der Waals surface area (Å²) in [5.41, 5.74) is 0. The van der Waals surface area contributed by atoms with E-state index in [9.17, 15) is 28.8 Å². The van der Waals surface area contributed by atoms with Crippen LogP contribution in [0.25, 0.3) is 0 Å². The van der Waals surface area contributed by atoms with E-state index in [2.05, 4.69) is 0 Å². The van der Waals surface area contributed by atoms with Gasteiger partial charge in [0, 0.05) is 25.7 Å². The van der Waals surface area contributed by atoms with Crippen molar-refractivity contribution in [3.05, 3.63) is 0 Å². The van der Waals surface area contributed by atoms with Gasteiger partial charge >= 0.3 is 11.9 Å². The zero-order chi connectivity index (χ0) is 18.1. The molecule has 10 nitrogen and oxygen atoms in total. The van der Waals surface area contributed by atoms with Crippen molar-refractivity contribution in [3.63, 3.8) is 0 Å². The van der Waals surface area contributed by atoms with Crippen LogP contribution >= 0.6 is 0 Å². The summed E-state index contributed by atoms with van der Waals surface area (Å²) in [6.07, 6.45) is 0.748. The molecule has 2 heterocycles. The van der Waals surface area contributed by atoms with Gasteiger partial charge in [0.2, 0.25) is 0 Å². The van der Waals surface area contributed by atoms with E-state index in [0.29, 0.717) is 23.0 Å². The molecule has 0 aromatic heterocycles. The summed E-state index contributed by atoms with van der Waals surface area (Å²) in [6, 6.07) is 0. The van der Waals surface area contributed by atoms with Crippen LogP contribution in [0.1, 0.15) is 44.9 Å². The SMILES string of the molecule is O=C(ON1C(=O)CCC1=O)C1CCC(C(=O)ON2C(=O)CCC2=O)C1. The van der Waals surface area contributed by atoms with Gasteiger partial charge in [0.05, 0.1) is 11.8 Å². The maximum Gasteiger partial charge on any atom is 0.336 e. The highest BCUT2D eigenvalue weighted by Crippen LogP contribution is 2.33. The van der Waals surface area contributed by atoms with Crippen LogP contribution in [0.4, 0.5) is 0 Å². The Bertz CT molecular complexity index is 584. The van der Waals surface area contributed by atoms with Gasteiger partial charge in [-0.3, -0.25) is 19.2 Å². The molecule has 0 aromatic carbocycles.